The first-order chi connectivity index (χ1) is 31.0. The summed E-state index contributed by atoms with van der Waals surface area (Å²) in [6, 6.07) is -0.580. The monoisotopic (exact) mass is 888 g/mol. The van der Waals surface area contributed by atoms with E-state index in [1.165, 1.54) is 199 Å². The summed E-state index contributed by atoms with van der Waals surface area (Å²) < 4.78 is 5.44. The summed E-state index contributed by atoms with van der Waals surface area (Å²) in [6.45, 7) is 4.87. The molecule has 3 N–H and O–H groups in total. The predicted octanol–water partition coefficient (Wildman–Crippen LogP) is 17.1. The number of allylic oxidation sites excluding steroid dienone is 4. The van der Waals surface area contributed by atoms with Crippen LogP contribution in [0.15, 0.2) is 24.3 Å². The van der Waals surface area contributed by atoms with E-state index in [9.17, 15) is 19.8 Å². The second-order valence-electron chi connectivity index (χ2n) is 19.3. The quantitative estimate of drug-likeness (QED) is 0.0321. The number of aliphatic hydroxyl groups excluding tert-OH is 2. The lowest BCUT2D eigenvalue weighted by molar-refractivity contribution is -0.143. The molecule has 0 fully saturated rings. The first kappa shape index (κ1) is 61.3. The summed E-state index contributed by atoms with van der Waals surface area (Å²) in [4.78, 5) is 24.5. The molecule has 2 unspecified atom stereocenters. The maximum absolute atomic E-state index is 12.5. The highest BCUT2D eigenvalue weighted by molar-refractivity contribution is 5.76. The van der Waals surface area contributed by atoms with Gasteiger partial charge in [-0.05, 0) is 70.6 Å². The van der Waals surface area contributed by atoms with Crippen LogP contribution in [-0.2, 0) is 14.3 Å². The smallest absolute Gasteiger partial charge is 0.305 e. The number of esters is 1. The van der Waals surface area contributed by atoms with Crippen LogP contribution in [0.2, 0.25) is 0 Å². The maximum Gasteiger partial charge on any atom is 0.305 e. The van der Waals surface area contributed by atoms with Gasteiger partial charge < -0.3 is 20.3 Å². The Hall–Kier alpha value is -1.66. The lowest BCUT2D eigenvalue weighted by Crippen LogP contribution is -2.45. The summed E-state index contributed by atoms with van der Waals surface area (Å²) >= 11 is 0. The van der Waals surface area contributed by atoms with Crippen molar-refractivity contribution >= 4 is 11.9 Å². The van der Waals surface area contributed by atoms with Crippen LogP contribution in [0.3, 0.4) is 0 Å². The molecule has 0 saturated heterocycles. The van der Waals surface area contributed by atoms with Crippen LogP contribution in [0.1, 0.15) is 303 Å². The SMILES string of the molecule is CCCCCCCCC/C=C\CCCCCCCC(=O)OCCCCCC/C=C\CCCC(=O)NC(CO)C(O)CCCCCCCCCCCCCCCCCCCCCCC. The van der Waals surface area contributed by atoms with Gasteiger partial charge in [0, 0.05) is 12.8 Å². The maximum atomic E-state index is 12.5. The highest BCUT2D eigenvalue weighted by atomic mass is 16.5. The molecule has 6 heteroatoms. The van der Waals surface area contributed by atoms with Gasteiger partial charge in [0.25, 0.3) is 0 Å². The largest absolute Gasteiger partial charge is 0.466 e. The average Bonchev–Trinajstić information content (AvgIpc) is 3.28. The van der Waals surface area contributed by atoms with Gasteiger partial charge in [-0.3, -0.25) is 9.59 Å². The highest BCUT2D eigenvalue weighted by Crippen LogP contribution is 2.17. The zero-order chi connectivity index (χ0) is 45.8. The van der Waals surface area contributed by atoms with Crippen molar-refractivity contribution in [2.24, 2.45) is 0 Å². The number of rotatable bonds is 52. The van der Waals surface area contributed by atoms with Gasteiger partial charge in [-0.2, -0.15) is 0 Å². The number of unbranched alkanes of at least 4 members (excludes halogenated alkanes) is 37. The summed E-state index contributed by atoms with van der Waals surface area (Å²) in [7, 11) is 0. The molecule has 0 heterocycles. The third-order valence-corrected chi connectivity index (χ3v) is 13.0. The van der Waals surface area contributed by atoms with E-state index in [4.69, 9.17) is 4.74 Å². The number of hydrogen-bond donors (Lipinski definition) is 3. The number of carbonyl (C=O) groups excluding carboxylic acids is 2. The minimum Gasteiger partial charge on any atom is -0.466 e. The number of ether oxygens (including phenoxy) is 1. The number of hydrogen-bond acceptors (Lipinski definition) is 5. The van der Waals surface area contributed by atoms with Crippen molar-refractivity contribution in [3.05, 3.63) is 24.3 Å². The molecule has 0 saturated carbocycles. The highest BCUT2D eigenvalue weighted by Gasteiger charge is 2.20. The molecule has 372 valence electrons. The molecule has 1 amide bonds. The lowest BCUT2D eigenvalue weighted by atomic mass is 10.0. The van der Waals surface area contributed by atoms with Crippen molar-refractivity contribution in [2.75, 3.05) is 13.2 Å². The van der Waals surface area contributed by atoms with E-state index in [0.29, 0.717) is 25.9 Å². The van der Waals surface area contributed by atoms with Gasteiger partial charge in [0.15, 0.2) is 0 Å². The van der Waals surface area contributed by atoms with Crippen LogP contribution in [0.4, 0.5) is 0 Å². The Labute approximate surface area is 392 Å². The van der Waals surface area contributed by atoms with Crippen molar-refractivity contribution in [1.82, 2.24) is 5.32 Å². The van der Waals surface area contributed by atoms with Gasteiger partial charge in [-0.1, -0.05) is 244 Å². The molecule has 6 nitrogen and oxygen atoms in total. The number of nitrogens with one attached hydrogen (secondary N) is 1. The van der Waals surface area contributed by atoms with Gasteiger partial charge in [0.1, 0.15) is 0 Å². The Morgan fingerprint density at radius 1 is 0.429 bits per heavy atom. The van der Waals surface area contributed by atoms with Crippen molar-refractivity contribution in [3.8, 4) is 0 Å². The zero-order valence-electron chi connectivity index (χ0n) is 42.3. The molecule has 63 heavy (non-hydrogen) atoms. The van der Waals surface area contributed by atoms with E-state index in [1.54, 1.807) is 0 Å². The predicted molar refractivity (Wildman–Crippen MR) is 273 cm³/mol. The van der Waals surface area contributed by atoms with Crippen LogP contribution < -0.4 is 5.32 Å². The van der Waals surface area contributed by atoms with Crippen LogP contribution in [0, 0.1) is 0 Å². The van der Waals surface area contributed by atoms with Crippen molar-refractivity contribution < 1.29 is 24.5 Å². The molecule has 0 aliphatic heterocycles. The summed E-state index contributed by atoms with van der Waals surface area (Å²) in [5, 5.41) is 23.3. The van der Waals surface area contributed by atoms with E-state index in [2.05, 4.69) is 43.5 Å². The second-order valence-corrected chi connectivity index (χ2v) is 19.3. The number of aliphatic hydroxyl groups is 2. The summed E-state index contributed by atoms with van der Waals surface area (Å²) in [5.74, 6) is -0.136. The number of carbonyl (C=O) groups is 2. The molecular formula is C57H109NO5. The fraction of sp³-hybridized carbons (Fsp3) is 0.895. The first-order valence-corrected chi connectivity index (χ1v) is 28.1. The van der Waals surface area contributed by atoms with Crippen LogP contribution in [-0.4, -0.2) is 47.4 Å². The third kappa shape index (κ3) is 49.6. The normalized spacial score (nSPS) is 12.8. The first-order valence-electron chi connectivity index (χ1n) is 28.1. The Bertz CT molecular complexity index is 982. The molecule has 0 radical (unpaired) electrons. The molecule has 0 aromatic carbocycles. The van der Waals surface area contributed by atoms with E-state index >= 15 is 0 Å². The minimum atomic E-state index is -0.696. The van der Waals surface area contributed by atoms with E-state index in [-0.39, 0.29) is 18.5 Å². The van der Waals surface area contributed by atoms with E-state index in [1.807, 2.05) is 0 Å². The van der Waals surface area contributed by atoms with Crippen molar-refractivity contribution in [3.63, 3.8) is 0 Å². The average molecular weight is 889 g/mol. The van der Waals surface area contributed by atoms with Gasteiger partial charge in [-0.15, -0.1) is 0 Å². The van der Waals surface area contributed by atoms with Gasteiger partial charge in [0.2, 0.25) is 5.91 Å². The molecule has 0 bridgehead atoms. The van der Waals surface area contributed by atoms with Crippen molar-refractivity contribution in [2.45, 2.75) is 315 Å². The van der Waals surface area contributed by atoms with Crippen LogP contribution in [0.5, 0.6) is 0 Å². The van der Waals surface area contributed by atoms with E-state index < -0.39 is 12.1 Å². The third-order valence-electron chi connectivity index (χ3n) is 13.0. The molecule has 2 atom stereocenters. The molecule has 0 spiro atoms. The molecule has 0 aliphatic carbocycles. The Kier molecular flexibility index (Phi) is 51.6. The Morgan fingerprint density at radius 2 is 0.762 bits per heavy atom. The second kappa shape index (κ2) is 53.0. The fourth-order valence-electron chi connectivity index (χ4n) is 8.64. The fourth-order valence-corrected chi connectivity index (χ4v) is 8.64. The molecular weight excluding hydrogens is 779 g/mol. The van der Waals surface area contributed by atoms with Gasteiger partial charge in [-0.25, -0.2) is 0 Å². The standard InChI is InChI=1S/C57H109NO5/c1-3-5-7-9-11-13-15-17-19-21-22-23-24-25-26-28-30-33-37-41-45-49-55(60)54(53-59)58-56(61)50-46-42-38-34-32-36-40-44-48-52-63-57(62)51-47-43-39-35-31-29-27-20-18-16-14-12-10-8-6-4-2/h20,27,34,38,54-55,59-60H,3-19,21-26,28-33,35-37,39-53H2,1-2H3,(H,58,61)/b27-20-,38-34-. The van der Waals surface area contributed by atoms with Gasteiger partial charge >= 0.3 is 5.97 Å². The molecule has 0 rings (SSSR count). The van der Waals surface area contributed by atoms with Crippen LogP contribution >= 0.6 is 0 Å². The molecule has 0 aromatic heterocycles. The zero-order valence-corrected chi connectivity index (χ0v) is 42.3. The summed E-state index contributed by atoms with van der Waals surface area (Å²) in [6.07, 6.45) is 63.1. The number of amides is 1. The minimum absolute atomic E-state index is 0.0423. The summed E-state index contributed by atoms with van der Waals surface area (Å²) in [5.41, 5.74) is 0. The topological polar surface area (TPSA) is 95.9 Å². The Balaban J connectivity index is 3.52. The van der Waals surface area contributed by atoms with Crippen LogP contribution in [0.25, 0.3) is 0 Å². The van der Waals surface area contributed by atoms with Crippen molar-refractivity contribution in [1.29, 1.82) is 0 Å². The molecule has 0 aliphatic rings. The van der Waals surface area contributed by atoms with E-state index in [0.717, 1.165) is 70.6 Å². The van der Waals surface area contributed by atoms with Gasteiger partial charge in [0.05, 0.1) is 25.4 Å². The lowest BCUT2D eigenvalue weighted by Gasteiger charge is -2.22. The molecule has 0 aromatic rings. The Morgan fingerprint density at radius 3 is 1.16 bits per heavy atom.